The van der Waals surface area contributed by atoms with Crippen LogP contribution in [0.3, 0.4) is 0 Å². The van der Waals surface area contributed by atoms with E-state index in [0.29, 0.717) is 24.8 Å². The monoisotopic (exact) mass is 387 g/mol. The van der Waals surface area contributed by atoms with E-state index in [1.165, 1.54) is 12.7 Å². The SMILES string of the molecule is COc1ccc(C(C)C)cc1S(=O)(=O)N1CCC(Cc2ccccc2)CC1. The summed E-state index contributed by atoms with van der Waals surface area (Å²) in [4.78, 5) is 0.290. The number of ether oxygens (including phenoxy) is 1. The lowest BCUT2D eigenvalue weighted by molar-refractivity contribution is 0.272. The van der Waals surface area contributed by atoms with Gasteiger partial charge < -0.3 is 4.74 Å². The molecule has 1 fully saturated rings. The number of hydrogen-bond acceptors (Lipinski definition) is 3. The molecule has 0 bridgehead atoms. The summed E-state index contributed by atoms with van der Waals surface area (Å²) in [6, 6.07) is 15.9. The van der Waals surface area contributed by atoms with E-state index in [0.717, 1.165) is 24.8 Å². The van der Waals surface area contributed by atoms with Gasteiger partial charge in [0.05, 0.1) is 7.11 Å². The second-order valence-corrected chi connectivity index (χ2v) is 9.51. The van der Waals surface area contributed by atoms with E-state index in [1.54, 1.807) is 16.4 Å². The fraction of sp³-hybridized carbons (Fsp3) is 0.455. The highest BCUT2D eigenvalue weighted by molar-refractivity contribution is 7.89. The largest absolute Gasteiger partial charge is 0.495 e. The number of sulfonamides is 1. The summed E-state index contributed by atoms with van der Waals surface area (Å²) < 4.78 is 33.5. The van der Waals surface area contributed by atoms with Gasteiger partial charge in [0, 0.05) is 13.1 Å². The molecule has 2 aromatic rings. The Bertz CT molecular complexity index is 854. The Morgan fingerprint density at radius 2 is 1.74 bits per heavy atom. The third-order valence-electron chi connectivity index (χ3n) is 5.41. The van der Waals surface area contributed by atoms with Crippen LogP contribution in [-0.2, 0) is 16.4 Å². The summed E-state index contributed by atoms with van der Waals surface area (Å²) in [5.41, 5.74) is 2.33. The highest BCUT2D eigenvalue weighted by Gasteiger charge is 2.31. The first-order valence-corrected chi connectivity index (χ1v) is 11.1. The summed E-state index contributed by atoms with van der Waals surface area (Å²) in [6.45, 7) is 5.25. The zero-order valence-electron chi connectivity index (χ0n) is 16.4. The van der Waals surface area contributed by atoms with Crippen molar-refractivity contribution in [3.63, 3.8) is 0 Å². The van der Waals surface area contributed by atoms with Crippen molar-refractivity contribution in [1.29, 1.82) is 0 Å². The number of benzene rings is 2. The lowest BCUT2D eigenvalue weighted by atomic mass is 9.91. The number of methoxy groups -OCH3 is 1. The van der Waals surface area contributed by atoms with Crippen LogP contribution in [-0.4, -0.2) is 32.9 Å². The Morgan fingerprint density at radius 1 is 1.07 bits per heavy atom. The van der Waals surface area contributed by atoms with E-state index in [9.17, 15) is 8.42 Å². The van der Waals surface area contributed by atoms with Crippen LogP contribution >= 0.6 is 0 Å². The van der Waals surface area contributed by atoms with Crippen LogP contribution in [0.5, 0.6) is 5.75 Å². The first kappa shape index (κ1) is 19.9. The molecule has 0 aromatic heterocycles. The van der Waals surface area contributed by atoms with Crippen LogP contribution < -0.4 is 4.74 Å². The lowest BCUT2D eigenvalue weighted by Gasteiger charge is -2.31. The van der Waals surface area contributed by atoms with Gasteiger partial charge in [0.2, 0.25) is 10.0 Å². The van der Waals surface area contributed by atoms with E-state index in [-0.39, 0.29) is 10.8 Å². The third kappa shape index (κ3) is 4.53. The van der Waals surface area contributed by atoms with Crippen molar-refractivity contribution in [3.8, 4) is 5.75 Å². The fourth-order valence-corrected chi connectivity index (χ4v) is 5.35. The average Bonchev–Trinajstić information content (AvgIpc) is 2.68. The molecule has 5 heteroatoms. The first-order chi connectivity index (χ1) is 12.9. The molecule has 1 aliphatic heterocycles. The third-order valence-corrected chi connectivity index (χ3v) is 7.33. The summed E-state index contributed by atoms with van der Waals surface area (Å²) in [6.07, 6.45) is 2.79. The van der Waals surface area contributed by atoms with Crippen molar-refractivity contribution < 1.29 is 13.2 Å². The van der Waals surface area contributed by atoms with Gasteiger partial charge in [-0.25, -0.2) is 8.42 Å². The van der Waals surface area contributed by atoms with Crippen molar-refractivity contribution in [3.05, 3.63) is 59.7 Å². The molecule has 0 amide bonds. The number of hydrogen-bond donors (Lipinski definition) is 0. The number of rotatable bonds is 6. The first-order valence-electron chi connectivity index (χ1n) is 9.64. The molecular weight excluding hydrogens is 358 g/mol. The predicted molar refractivity (Wildman–Crippen MR) is 109 cm³/mol. The molecule has 0 unspecified atom stereocenters. The van der Waals surface area contributed by atoms with E-state index in [2.05, 4.69) is 38.1 Å². The molecular formula is C22H29NO3S. The van der Waals surface area contributed by atoms with Gasteiger partial charge in [-0.05, 0) is 54.4 Å². The molecule has 27 heavy (non-hydrogen) atoms. The quantitative estimate of drug-likeness (QED) is 0.735. The fourth-order valence-electron chi connectivity index (χ4n) is 3.69. The molecule has 0 spiro atoms. The maximum atomic E-state index is 13.3. The van der Waals surface area contributed by atoms with Gasteiger partial charge in [0.25, 0.3) is 0 Å². The molecule has 0 aliphatic carbocycles. The minimum Gasteiger partial charge on any atom is -0.495 e. The zero-order chi connectivity index (χ0) is 19.4. The van der Waals surface area contributed by atoms with Crippen molar-refractivity contribution >= 4 is 10.0 Å². The molecule has 4 nitrogen and oxygen atoms in total. The van der Waals surface area contributed by atoms with Crippen molar-refractivity contribution in [1.82, 2.24) is 4.31 Å². The molecule has 1 saturated heterocycles. The molecule has 0 atom stereocenters. The maximum absolute atomic E-state index is 13.3. The highest BCUT2D eigenvalue weighted by atomic mass is 32.2. The second-order valence-electron chi connectivity index (χ2n) is 7.60. The van der Waals surface area contributed by atoms with Crippen molar-refractivity contribution in [2.45, 2.75) is 43.9 Å². The van der Waals surface area contributed by atoms with E-state index >= 15 is 0 Å². The van der Waals surface area contributed by atoms with Crippen LogP contribution in [0, 0.1) is 5.92 Å². The summed E-state index contributed by atoms with van der Waals surface area (Å²) in [7, 11) is -2.03. The Labute approximate surface area is 163 Å². The van der Waals surface area contributed by atoms with Crippen LogP contribution in [0.4, 0.5) is 0 Å². The van der Waals surface area contributed by atoms with Gasteiger partial charge >= 0.3 is 0 Å². The van der Waals surface area contributed by atoms with Gasteiger partial charge in [-0.3, -0.25) is 0 Å². The molecule has 1 aliphatic rings. The summed E-state index contributed by atoms with van der Waals surface area (Å²) in [5, 5.41) is 0. The summed E-state index contributed by atoms with van der Waals surface area (Å²) in [5.74, 6) is 1.22. The van der Waals surface area contributed by atoms with E-state index < -0.39 is 10.0 Å². The smallest absolute Gasteiger partial charge is 0.246 e. The average molecular weight is 388 g/mol. The Hall–Kier alpha value is -1.85. The van der Waals surface area contributed by atoms with Crippen molar-refractivity contribution in [2.75, 3.05) is 20.2 Å². The van der Waals surface area contributed by atoms with Crippen LogP contribution in [0.2, 0.25) is 0 Å². The van der Waals surface area contributed by atoms with Crippen LogP contribution in [0.15, 0.2) is 53.4 Å². The Kier molecular flexibility index (Phi) is 6.22. The molecule has 1 heterocycles. The molecule has 3 rings (SSSR count). The zero-order valence-corrected chi connectivity index (χ0v) is 17.2. The second kappa shape index (κ2) is 8.44. The number of nitrogens with zero attached hydrogens (tertiary/aromatic N) is 1. The standard InChI is InChI=1S/C22H29NO3S/c1-17(2)20-9-10-21(26-3)22(16-20)27(24,25)23-13-11-19(12-14-23)15-18-7-5-4-6-8-18/h4-10,16-17,19H,11-15H2,1-3H3. The topological polar surface area (TPSA) is 46.6 Å². The normalized spacial score (nSPS) is 16.6. The Morgan fingerprint density at radius 3 is 2.33 bits per heavy atom. The lowest BCUT2D eigenvalue weighted by Crippen LogP contribution is -2.39. The molecule has 0 saturated carbocycles. The molecule has 0 N–H and O–H groups in total. The van der Waals surface area contributed by atoms with E-state index in [4.69, 9.17) is 4.74 Å². The van der Waals surface area contributed by atoms with Gasteiger partial charge in [0.1, 0.15) is 10.6 Å². The van der Waals surface area contributed by atoms with Crippen LogP contribution in [0.25, 0.3) is 0 Å². The van der Waals surface area contributed by atoms with Crippen LogP contribution in [0.1, 0.15) is 43.7 Å². The minimum absolute atomic E-state index is 0.265. The van der Waals surface area contributed by atoms with Crippen molar-refractivity contribution in [2.24, 2.45) is 5.92 Å². The summed E-state index contributed by atoms with van der Waals surface area (Å²) >= 11 is 0. The minimum atomic E-state index is -3.55. The molecule has 2 aromatic carbocycles. The molecule has 0 radical (unpaired) electrons. The van der Waals surface area contributed by atoms with Gasteiger partial charge in [-0.15, -0.1) is 0 Å². The van der Waals surface area contributed by atoms with Gasteiger partial charge in [-0.1, -0.05) is 50.2 Å². The van der Waals surface area contributed by atoms with Gasteiger partial charge in [0.15, 0.2) is 0 Å². The molecule has 146 valence electrons. The Balaban J connectivity index is 1.74. The highest BCUT2D eigenvalue weighted by Crippen LogP contribution is 2.32. The number of piperidine rings is 1. The van der Waals surface area contributed by atoms with Gasteiger partial charge in [-0.2, -0.15) is 4.31 Å². The predicted octanol–water partition coefficient (Wildman–Crippen LogP) is 4.46. The van der Waals surface area contributed by atoms with E-state index in [1.807, 2.05) is 12.1 Å². The maximum Gasteiger partial charge on any atom is 0.246 e.